The Labute approximate surface area is 235 Å². The molecule has 2 aliphatic rings. The summed E-state index contributed by atoms with van der Waals surface area (Å²) in [6.07, 6.45) is 0. The maximum absolute atomic E-state index is 12.8. The number of benzene rings is 2. The summed E-state index contributed by atoms with van der Waals surface area (Å²) in [6.45, 7) is 11.0. The van der Waals surface area contributed by atoms with E-state index in [0.29, 0.717) is 61.5 Å². The van der Waals surface area contributed by atoms with Crippen molar-refractivity contribution in [3.8, 4) is 0 Å². The highest BCUT2D eigenvalue weighted by Gasteiger charge is 2.34. The van der Waals surface area contributed by atoms with Crippen LogP contribution in [0.2, 0.25) is 0 Å². The molecule has 0 atom stereocenters. The van der Waals surface area contributed by atoms with Gasteiger partial charge in [0.1, 0.15) is 13.2 Å². The van der Waals surface area contributed by atoms with Gasteiger partial charge in [-0.15, -0.1) is 0 Å². The Hall–Kier alpha value is -2.60. The molecule has 4 rings (SSSR count). The minimum absolute atomic E-state index is 0.110. The van der Waals surface area contributed by atoms with Crippen LogP contribution in [0.4, 0.5) is 0 Å². The van der Waals surface area contributed by atoms with Gasteiger partial charge in [-0.1, -0.05) is 38.1 Å². The fourth-order valence-electron chi connectivity index (χ4n) is 4.34. The van der Waals surface area contributed by atoms with Crippen LogP contribution in [0, 0.1) is 10.8 Å². The summed E-state index contributed by atoms with van der Waals surface area (Å²) in [7, 11) is 0. The standard InChI is InChI=1S/C30H40O10/c1-29(19-37-20-29)17-35-11-9-33-13-15-39-27(31)25-7-8-26(24-6-4-3-5-23(24)25)28(32)40-16-14-34-10-12-36-18-30(2)21-38-22-30/h3-8H,9-22H2,1-2H3. The highest BCUT2D eigenvalue weighted by atomic mass is 16.6. The minimum atomic E-state index is -0.483. The van der Waals surface area contributed by atoms with E-state index in [1.165, 1.54) is 0 Å². The van der Waals surface area contributed by atoms with Crippen LogP contribution < -0.4 is 0 Å². The van der Waals surface area contributed by atoms with Gasteiger partial charge in [-0.25, -0.2) is 9.59 Å². The van der Waals surface area contributed by atoms with Crippen LogP contribution in [0.3, 0.4) is 0 Å². The first-order chi connectivity index (χ1) is 19.4. The Bertz CT molecular complexity index is 1020. The summed E-state index contributed by atoms with van der Waals surface area (Å²) in [5.41, 5.74) is 0.964. The van der Waals surface area contributed by atoms with E-state index in [0.717, 1.165) is 26.4 Å². The van der Waals surface area contributed by atoms with E-state index >= 15 is 0 Å². The molecule has 10 heteroatoms. The molecule has 10 nitrogen and oxygen atoms in total. The molecule has 0 N–H and O–H groups in total. The van der Waals surface area contributed by atoms with Crippen molar-refractivity contribution in [2.45, 2.75) is 13.8 Å². The zero-order chi connectivity index (χ0) is 28.3. The second-order valence-corrected chi connectivity index (χ2v) is 10.9. The molecule has 0 radical (unpaired) electrons. The summed E-state index contributed by atoms with van der Waals surface area (Å²) in [5, 5.41) is 1.23. The quantitative estimate of drug-likeness (QED) is 0.199. The lowest BCUT2D eigenvalue weighted by Gasteiger charge is -2.37. The molecule has 2 saturated heterocycles. The monoisotopic (exact) mass is 560 g/mol. The van der Waals surface area contributed by atoms with Crippen molar-refractivity contribution in [1.29, 1.82) is 0 Å². The van der Waals surface area contributed by atoms with Crippen LogP contribution in [-0.2, 0) is 37.9 Å². The van der Waals surface area contributed by atoms with Gasteiger partial charge in [-0.05, 0) is 22.9 Å². The van der Waals surface area contributed by atoms with E-state index in [9.17, 15) is 9.59 Å². The SMILES string of the molecule is CC1(COCCOCCOC(=O)c2ccc(C(=O)OCCOCCOCC3(C)COC3)c3ccccc23)COC1. The van der Waals surface area contributed by atoms with Crippen molar-refractivity contribution >= 4 is 22.7 Å². The van der Waals surface area contributed by atoms with Gasteiger partial charge >= 0.3 is 11.9 Å². The molecule has 2 heterocycles. The number of carbonyl (C=O) groups excluding carboxylic acids is 2. The first-order valence-corrected chi connectivity index (χ1v) is 13.7. The molecule has 0 bridgehead atoms. The van der Waals surface area contributed by atoms with Crippen LogP contribution in [0.1, 0.15) is 34.6 Å². The fourth-order valence-corrected chi connectivity index (χ4v) is 4.34. The average Bonchev–Trinajstić information content (AvgIpc) is 2.93. The van der Waals surface area contributed by atoms with Crippen molar-refractivity contribution in [2.24, 2.45) is 10.8 Å². The van der Waals surface area contributed by atoms with Gasteiger partial charge in [0.25, 0.3) is 0 Å². The topological polar surface area (TPSA) is 108 Å². The van der Waals surface area contributed by atoms with Gasteiger partial charge in [-0.2, -0.15) is 0 Å². The fraction of sp³-hybridized carbons (Fsp3) is 0.600. The molecule has 2 aromatic carbocycles. The number of esters is 2. The van der Waals surface area contributed by atoms with Gasteiger partial charge in [0.2, 0.25) is 0 Å². The molecular weight excluding hydrogens is 520 g/mol. The third-order valence-corrected chi connectivity index (χ3v) is 6.73. The first kappa shape index (κ1) is 30.4. The molecule has 0 aliphatic carbocycles. The van der Waals surface area contributed by atoms with E-state index in [1.807, 2.05) is 12.1 Å². The highest BCUT2D eigenvalue weighted by Crippen LogP contribution is 2.27. The Balaban J connectivity index is 1.14. The van der Waals surface area contributed by atoms with Crippen molar-refractivity contribution in [2.75, 3.05) is 92.5 Å². The lowest BCUT2D eigenvalue weighted by molar-refractivity contribution is -0.141. The van der Waals surface area contributed by atoms with Crippen molar-refractivity contribution in [3.63, 3.8) is 0 Å². The smallest absolute Gasteiger partial charge is 0.338 e. The second-order valence-electron chi connectivity index (χ2n) is 10.9. The number of hydrogen-bond donors (Lipinski definition) is 0. The normalized spacial score (nSPS) is 17.1. The predicted octanol–water partition coefficient (Wildman–Crippen LogP) is 3.29. The molecule has 2 fully saturated rings. The molecule has 0 spiro atoms. The molecule has 2 aliphatic heterocycles. The largest absolute Gasteiger partial charge is 0.460 e. The predicted molar refractivity (Wildman–Crippen MR) is 146 cm³/mol. The highest BCUT2D eigenvalue weighted by molar-refractivity contribution is 6.11. The van der Waals surface area contributed by atoms with Crippen LogP contribution in [0.5, 0.6) is 0 Å². The molecule has 0 amide bonds. The van der Waals surface area contributed by atoms with Gasteiger partial charge in [0.05, 0.1) is 90.4 Å². The van der Waals surface area contributed by atoms with Crippen molar-refractivity contribution in [1.82, 2.24) is 0 Å². The van der Waals surface area contributed by atoms with Crippen LogP contribution in [0.15, 0.2) is 36.4 Å². The van der Waals surface area contributed by atoms with E-state index < -0.39 is 11.9 Å². The molecule has 220 valence electrons. The zero-order valence-corrected chi connectivity index (χ0v) is 23.4. The van der Waals surface area contributed by atoms with E-state index in [4.69, 9.17) is 37.9 Å². The third-order valence-electron chi connectivity index (χ3n) is 6.73. The summed E-state index contributed by atoms with van der Waals surface area (Å²) in [6, 6.07) is 10.3. The second kappa shape index (κ2) is 14.9. The lowest BCUT2D eigenvalue weighted by Crippen LogP contribution is -2.43. The Morgan fingerprint density at radius 3 is 1.35 bits per heavy atom. The van der Waals surface area contributed by atoms with E-state index in [2.05, 4.69) is 13.8 Å². The van der Waals surface area contributed by atoms with Gasteiger partial charge in [-0.3, -0.25) is 0 Å². The van der Waals surface area contributed by atoms with Crippen LogP contribution in [0.25, 0.3) is 10.8 Å². The lowest BCUT2D eigenvalue weighted by atomic mass is 9.90. The Morgan fingerprint density at radius 1 is 0.600 bits per heavy atom. The molecule has 0 unspecified atom stereocenters. The van der Waals surface area contributed by atoms with E-state index in [1.54, 1.807) is 24.3 Å². The average molecular weight is 561 g/mol. The van der Waals surface area contributed by atoms with Crippen molar-refractivity contribution in [3.05, 3.63) is 47.5 Å². The summed E-state index contributed by atoms with van der Waals surface area (Å²) < 4.78 is 43.4. The summed E-state index contributed by atoms with van der Waals surface area (Å²) in [4.78, 5) is 25.5. The van der Waals surface area contributed by atoms with Crippen LogP contribution >= 0.6 is 0 Å². The molecular formula is C30H40O10. The summed E-state index contributed by atoms with van der Waals surface area (Å²) >= 11 is 0. The Kier molecular flexibility index (Phi) is 11.3. The first-order valence-electron chi connectivity index (χ1n) is 13.7. The number of rotatable bonds is 18. The number of fused-ring (bicyclic) bond motifs is 1. The van der Waals surface area contributed by atoms with Crippen LogP contribution in [-0.4, -0.2) is 104 Å². The maximum atomic E-state index is 12.8. The minimum Gasteiger partial charge on any atom is -0.460 e. The third kappa shape index (κ3) is 8.70. The molecule has 0 aromatic heterocycles. The molecule has 0 saturated carbocycles. The van der Waals surface area contributed by atoms with Gasteiger partial charge in [0, 0.05) is 10.8 Å². The van der Waals surface area contributed by atoms with Crippen molar-refractivity contribution < 1.29 is 47.5 Å². The molecule has 40 heavy (non-hydrogen) atoms. The zero-order valence-electron chi connectivity index (χ0n) is 23.4. The maximum Gasteiger partial charge on any atom is 0.338 e. The van der Waals surface area contributed by atoms with Gasteiger partial charge in [0.15, 0.2) is 0 Å². The van der Waals surface area contributed by atoms with E-state index in [-0.39, 0.29) is 37.3 Å². The number of ether oxygens (including phenoxy) is 8. The number of carbonyl (C=O) groups is 2. The summed E-state index contributed by atoms with van der Waals surface area (Å²) in [5.74, 6) is -0.966. The molecule has 2 aromatic rings. The van der Waals surface area contributed by atoms with Gasteiger partial charge < -0.3 is 37.9 Å². The Morgan fingerprint density at radius 2 is 0.975 bits per heavy atom. The number of hydrogen-bond acceptors (Lipinski definition) is 10.